The third kappa shape index (κ3) is 6.39. The first-order chi connectivity index (χ1) is 23.4. The predicted molar refractivity (Wildman–Crippen MR) is 184 cm³/mol. The summed E-state index contributed by atoms with van der Waals surface area (Å²) in [7, 11) is 0. The minimum atomic E-state index is -1.23. The lowest BCUT2D eigenvalue weighted by molar-refractivity contribution is -0.0502. The molecule has 5 aromatic rings. The molecule has 2 fully saturated rings. The minimum Gasteiger partial charge on any atom is -0.508 e. The van der Waals surface area contributed by atoms with Crippen LogP contribution in [0.3, 0.4) is 0 Å². The summed E-state index contributed by atoms with van der Waals surface area (Å²) in [6, 6.07) is 43.3. The van der Waals surface area contributed by atoms with Gasteiger partial charge in [0.1, 0.15) is 30.3 Å². The number of rotatable bonds is 10. The molecule has 0 aromatic heterocycles. The molecule has 1 aliphatic heterocycles. The Balaban J connectivity index is 1.23. The lowest BCUT2D eigenvalue weighted by Gasteiger charge is -2.36. The zero-order valence-electron chi connectivity index (χ0n) is 26.7. The maximum atomic E-state index is 15.0. The van der Waals surface area contributed by atoms with Crippen molar-refractivity contribution in [2.45, 2.75) is 62.2 Å². The number of urea groups is 1. The molecule has 1 aliphatic carbocycles. The van der Waals surface area contributed by atoms with E-state index in [2.05, 4.69) is 0 Å². The van der Waals surface area contributed by atoms with Gasteiger partial charge in [0.2, 0.25) is 0 Å². The summed E-state index contributed by atoms with van der Waals surface area (Å²) in [6.45, 7) is 1.01. The lowest BCUT2D eigenvalue weighted by Crippen LogP contribution is -2.52. The Kier molecular flexibility index (Phi) is 8.89. The van der Waals surface area contributed by atoms with Crippen LogP contribution in [0, 0.1) is 0 Å². The Morgan fingerprint density at radius 1 is 0.667 bits per heavy atom. The van der Waals surface area contributed by atoms with Gasteiger partial charge in [0.15, 0.2) is 0 Å². The van der Waals surface area contributed by atoms with Gasteiger partial charge < -0.3 is 29.9 Å². The standard InChI is InChI=1S/C41H40N2O5/c44-34-20-18-33(19-21-34)36-25-41(36)39(46)38(45)37(24-29-16-22-35(23-17-29)48-28-32-14-8-3-9-15-32)42(26-30-10-4-1-5-11-30)40(47)43(41)27-31-12-6-2-7-13-31/h1-23,36-39,44-46H,24-28H2/t36?,37-,38+,39-,41?/m1/s1. The number of aliphatic hydroxyl groups is 2. The Bertz CT molecular complexity index is 1800. The number of hydrogen-bond donors (Lipinski definition) is 3. The average Bonchev–Trinajstić information content (AvgIpc) is 3.89. The van der Waals surface area contributed by atoms with Crippen molar-refractivity contribution in [2.75, 3.05) is 0 Å². The van der Waals surface area contributed by atoms with Gasteiger partial charge in [0, 0.05) is 19.0 Å². The number of ether oxygens (including phenoxy) is 1. The second kappa shape index (κ2) is 13.6. The second-order valence-corrected chi connectivity index (χ2v) is 12.9. The van der Waals surface area contributed by atoms with E-state index < -0.39 is 23.8 Å². The van der Waals surface area contributed by atoms with E-state index in [4.69, 9.17) is 4.74 Å². The molecule has 2 aliphatic rings. The Labute approximate surface area is 281 Å². The summed E-state index contributed by atoms with van der Waals surface area (Å²) in [4.78, 5) is 18.5. The van der Waals surface area contributed by atoms with Gasteiger partial charge in [-0.2, -0.15) is 0 Å². The number of benzene rings is 5. The maximum absolute atomic E-state index is 15.0. The molecule has 0 radical (unpaired) electrons. The molecule has 7 rings (SSSR count). The van der Waals surface area contributed by atoms with Crippen molar-refractivity contribution in [1.29, 1.82) is 0 Å². The van der Waals surface area contributed by atoms with Gasteiger partial charge >= 0.3 is 6.03 Å². The second-order valence-electron chi connectivity index (χ2n) is 12.9. The molecule has 48 heavy (non-hydrogen) atoms. The van der Waals surface area contributed by atoms with Crippen LogP contribution in [-0.4, -0.2) is 54.9 Å². The Morgan fingerprint density at radius 3 is 1.83 bits per heavy atom. The van der Waals surface area contributed by atoms with E-state index in [1.165, 1.54) is 0 Å². The number of phenols is 1. The number of carbonyl (C=O) groups is 1. The van der Waals surface area contributed by atoms with E-state index in [0.717, 1.165) is 33.6 Å². The predicted octanol–water partition coefficient (Wildman–Crippen LogP) is 6.67. The van der Waals surface area contributed by atoms with Gasteiger partial charge in [-0.25, -0.2) is 4.79 Å². The molecule has 5 atom stereocenters. The molecule has 7 nitrogen and oxygen atoms in total. The van der Waals surface area contributed by atoms with Gasteiger partial charge in [0.05, 0.1) is 11.6 Å². The first-order valence-electron chi connectivity index (χ1n) is 16.5. The van der Waals surface area contributed by atoms with Crippen molar-refractivity contribution in [3.05, 3.63) is 167 Å². The average molecular weight is 641 g/mol. The zero-order valence-corrected chi connectivity index (χ0v) is 26.7. The molecule has 5 aromatic carbocycles. The van der Waals surface area contributed by atoms with Crippen LogP contribution in [-0.2, 0) is 26.1 Å². The Morgan fingerprint density at radius 2 is 1.23 bits per heavy atom. The number of nitrogens with zero attached hydrogens (tertiary/aromatic N) is 2. The highest BCUT2D eigenvalue weighted by Gasteiger charge is 2.68. The SMILES string of the molecule is O=C1N(Cc2ccccc2)[C@H](Cc2ccc(OCc3ccccc3)cc2)[C@H](O)[C@@H](O)C2(CC2c2ccc(O)cc2)N1Cc1ccccc1. The van der Waals surface area contributed by atoms with Crippen LogP contribution in [0.1, 0.15) is 40.2 Å². The largest absolute Gasteiger partial charge is 0.508 e. The van der Waals surface area contributed by atoms with E-state index >= 15 is 0 Å². The van der Waals surface area contributed by atoms with Gasteiger partial charge in [-0.15, -0.1) is 0 Å². The van der Waals surface area contributed by atoms with Crippen LogP contribution in [0.5, 0.6) is 11.5 Å². The normalized spacial score (nSPS) is 23.6. The third-order valence-electron chi connectivity index (χ3n) is 9.87. The van der Waals surface area contributed by atoms with Crippen molar-refractivity contribution in [3.63, 3.8) is 0 Å². The number of hydrogen-bond acceptors (Lipinski definition) is 5. The van der Waals surface area contributed by atoms with E-state index in [1.54, 1.807) is 21.9 Å². The molecule has 1 heterocycles. The van der Waals surface area contributed by atoms with Crippen LogP contribution in [0.15, 0.2) is 140 Å². The first kappa shape index (κ1) is 31.5. The lowest BCUT2D eigenvalue weighted by atomic mass is 9.90. The molecule has 2 amide bonds. The summed E-state index contributed by atoms with van der Waals surface area (Å²) in [5, 5.41) is 34.3. The summed E-state index contributed by atoms with van der Waals surface area (Å²) in [6.07, 6.45) is -1.61. The van der Waals surface area contributed by atoms with Gasteiger partial charge in [-0.3, -0.25) is 0 Å². The molecule has 0 bridgehead atoms. The molecule has 1 saturated heterocycles. The zero-order chi connectivity index (χ0) is 33.1. The summed E-state index contributed by atoms with van der Waals surface area (Å²) >= 11 is 0. The Hall–Kier alpha value is -5.11. The minimum absolute atomic E-state index is 0.151. The molecule has 1 saturated carbocycles. The van der Waals surface area contributed by atoms with Crippen molar-refractivity contribution >= 4 is 6.03 Å². The fourth-order valence-electron chi connectivity index (χ4n) is 7.21. The maximum Gasteiger partial charge on any atom is 0.321 e. The van der Waals surface area contributed by atoms with Gasteiger partial charge in [-0.1, -0.05) is 115 Å². The highest BCUT2D eigenvalue weighted by molar-refractivity contribution is 5.78. The highest BCUT2D eigenvalue weighted by atomic mass is 16.5. The molecular formula is C41H40N2O5. The van der Waals surface area contributed by atoms with E-state index in [9.17, 15) is 20.1 Å². The van der Waals surface area contributed by atoms with Crippen LogP contribution < -0.4 is 4.74 Å². The van der Waals surface area contributed by atoms with Gasteiger partial charge in [-0.05, 0) is 64.9 Å². The van der Waals surface area contributed by atoms with Crippen molar-refractivity contribution < 1.29 is 24.9 Å². The topological polar surface area (TPSA) is 93.5 Å². The fourth-order valence-corrected chi connectivity index (χ4v) is 7.21. The van der Waals surface area contributed by atoms with E-state index in [-0.39, 0.29) is 30.8 Å². The van der Waals surface area contributed by atoms with Crippen molar-refractivity contribution in [1.82, 2.24) is 9.80 Å². The summed E-state index contributed by atoms with van der Waals surface area (Å²) in [5.41, 5.74) is 3.75. The quantitative estimate of drug-likeness (QED) is 0.159. The molecular weight excluding hydrogens is 600 g/mol. The molecule has 7 heteroatoms. The van der Waals surface area contributed by atoms with Crippen LogP contribution in [0.2, 0.25) is 0 Å². The molecule has 2 unspecified atom stereocenters. The number of amides is 2. The summed E-state index contributed by atoms with van der Waals surface area (Å²) in [5.74, 6) is 0.662. The van der Waals surface area contributed by atoms with Crippen molar-refractivity contribution in [2.24, 2.45) is 0 Å². The van der Waals surface area contributed by atoms with Crippen LogP contribution in [0.25, 0.3) is 0 Å². The number of phenolic OH excluding ortho intramolecular Hbond substituents is 1. The molecule has 1 spiro atoms. The third-order valence-corrected chi connectivity index (χ3v) is 9.87. The fraction of sp³-hybridized carbons (Fsp3) is 0.244. The van der Waals surface area contributed by atoms with Crippen LogP contribution >= 0.6 is 0 Å². The number of aromatic hydroxyl groups is 1. The van der Waals surface area contributed by atoms with E-state index in [0.29, 0.717) is 19.4 Å². The van der Waals surface area contributed by atoms with Crippen LogP contribution in [0.4, 0.5) is 4.79 Å². The van der Waals surface area contributed by atoms with E-state index in [1.807, 2.05) is 127 Å². The monoisotopic (exact) mass is 640 g/mol. The first-order valence-corrected chi connectivity index (χ1v) is 16.5. The number of aliphatic hydroxyl groups excluding tert-OH is 2. The number of carbonyl (C=O) groups excluding carboxylic acids is 1. The smallest absolute Gasteiger partial charge is 0.321 e. The highest BCUT2D eigenvalue weighted by Crippen LogP contribution is 2.60. The summed E-state index contributed by atoms with van der Waals surface area (Å²) < 4.78 is 6.00. The molecule has 3 N–H and O–H groups in total. The van der Waals surface area contributed by atoms with Gasteiger partial charge in [0.25, 0.3) is 0 Å². The van der Waals surface area contributed by atoms with Crippen molar-refractivity contribution in [3.8, 4) is 11.5 Å². The molecule has 244 valence electrons.